The van der Waals surface area contributed by atoms with Gasteiger partial charge in [-0.1, -0.05) is 65.7 Å². The average molecular weight is 478 g/mol. The third kappa shape index (κ3) is 4.32. The van der Waals surface area contributed by atoms with Crippen LogP contribution in [0.2, 0.25) is 10.0 Å². The molecule has 4 aromatic rings. The molecule has 0 radical (unpaired) electrons. The summed E-state index contributed by atoms with van der Waals surface area (Å²) in [5.74, 6) is -0.147. The minimum absolute atomic E-state index is 0.147. The molecule has 1 aliphatic heterocycles. The molecule has 5 rings (SSSR count). The number of amides is 1. The lowest BCUT2D eigenvalue weighted by atomic mass is 10.1. The molecule has 2 heterocycles. The molecule has 32 heavy (non-hydrogen) atoms. The van der Waals surface area contributed by atoms with E-state index in [0.717, 1.165) is 27.7 Å². The summed E-state index contributed by atoms with van der Waals surface area (Å²) in [6.45, 7) is 0.640. The average Bonchev–Trinajstić information content (AvgIpc) is 3.31. The van der Waals surface area contributed by atoms with E-state index in [1.165, 1.54) is 11.8 Å². The Morgan fingerprint density at radius 3 is 2.56 bits per heavy atom. The van der Waals surface area contributed by atoms with E-state index >= 15 is 0 Å². The molecule has 1 aromatic heterocycles. The summed E-state index contributed by atoms with van der Waals surface area (Å²) >= 11 is 13.6. The topological polar surface area (TPSA) is 46.4 Å². The minimum Gasteiger partial charge on any atom is -0.342 e. The lowest BCUT2D eigenvalue weighted by molar-refractivity contribution is -0.115. The Bertz CT molecular complexity index is 1390. The summed E-state index contributed by atoms with van der Waals surface area (Å²) < 4.78 is 2.15. The number of nitrogens with one attached hydrogen (secondary N) is 1. The molecule has 0 spiro atoms. The van der Waals surface area contributed by atoms with Crippen LogP contribution in [0.3, 0.4) is 0 Å². The summed E-state index contributed by atoms with van der Waals surface area (Å²) in [7, 11) is 0. The number of benzene rings is 3. The fourth-order valence-electron chi connectivity index (χ4n) is 3.60. The van der Waals surface area contributed by atoms with Crippen LogP contribution in [0.1, 0.15) is 11.1 Å². The molecule has 0 atom stereocenters. The maximum absolute atomic E-state index is 12.6. The van der Waals surface area contributed by atoms with Crippen molar-refractivity contribution in [1.29, 1.82) is 0 Å². The van der Waals surface area contributed by atoms with Crippen LogP contribution >= 0.6 is 35.0 Å². The van der Waals surface area contributed by atoms with Crippen LogP contribution in [-0.4, -0.2) is 15.6 Å². The van der Waals surface area contributed by atoms with E-state index in [0.29, 0.717) is 26.7 Å². The molecule has 0 unspecified atom stereocenters. The van der Waals surface area contributed by atoms with E-state index in [9.17, 15) is 4.79 Å². The maximum Gasteiger partial charge on any atom is 0.264 e. The van der Waals surface area contributed by atoms with Crippen LogP contribution in [0.5, 0.6) is 0 Å². The van der Waals surface area contributed by atoms with Crippen molar-refractivity contribution in [3.63, 3.8) is 0 Å². The van der Waals surface area contributed by atoms with Crippen LogP contribution in [0.15, 0.2) is 88.9 Å². The third-order valence-corrected chi connectivity index (χ3v) is 6.73. The molecular weight excluding hydrogens is 461 g/mol. The summed E-state index contributed by atoms with van der Waals surface area (Å²) in [5.41, 5.74) is 3.89. The Balaban J connectivity index is 1.48. The van der Waals surface area contributed by atoms with Crippen molar-refractivity contribution >= 4 is 68.7 Å². The number of thioether (sulfide) groups is 1. The Kier molecular flexibility index (Phi) is 5.79. The predicted molar refractivity (Wildman–Crippen MR) is 135 cm³/mol. The number of carbonyl (C=O) groups excluding carboxylic acids is 1. The zero-order valence-electron chi connectivity index (χ0n) is 16.8. The number of amidine groups is 1. The van der Waals surface area contributed by atoms with Gasteiger partial charge in [0.1, 0.15) is 0 Å². The summed E-state index contributed by atoms with van der Waals surface area (Å²) in [5, 5.41) is 5.57. The van der Waals surface area contributed by atoms with Crippen LogP contribution in [0, 0.1) is 0 Å². The first-order chi connectivity index (χ1) is 15.6. The van der Waals surface area contributed by atoms with Gasteiger partial charge in [0.05, 0.1) is 20.6 Å². The molecule has 0 saturated carbocycles. The molecule has 1 aliphatic rings. The summed E-state index contributed by atoms with van der Waals surface area (Å²) in [6, 6.07) is 23.4. The van der Waals surface area contributed by atoms with Crippen LogP contribution in [-0.2, 0) is 11.3 Å². The molecule has 1 N–H and O–H groups in total. The normalized spacial score (nSPS) is 16.2. The largest absolute Gasteiger partial charge is 0.342 e. The highest BCUT2D eigenvalue weighted by atomic mass is 35.5. The number of hydrogen-bond donors (Lipinski definition) is 1. The Morgan fingerprint density at radius 1 is 0.969 bits per heavy atom. The number of carbonyl (C=O) groups is 1. The number of halogens is 2. The van der Waals surface area contributed by atoms with Crippen LogP contribution in [0.25, 0.3) is 17.0 Å². The van der Waals surface area contributed by atoms with Crippen molar-refractivity contribution in [2.45, 2.75) is 6.54 Å². The molecular formula is C25H17Cl2N3OS. The molecule has 1 amide bonds. The van der Waals surface area contributed by atoms with Gasteiger partial charge >= 0.3 is 0 Å². The summed E-state index contributed by atoms with van der Waals surface area (Å²) in [6.07, 6.45) is 3.97. The number of hydrogen-bond acceptors (Lipinski definition) is 3. The highest BCUT2D eigenvalue weighted by Crippen LogP contribution is 2.31. The van der Waals surface area contributed by atoms with Crippen molar-refractivity contribution in [1.82, 2.24) is 9.88 Å². The van der Waals surface area contributed by atoms with E-state index in [1.54, 1.807) is 6.07 Å². The van der Waals surface area contributed by atoms with Crippen molar-refractivity contribution in [2.24, 2.45) is 4.99 Å². The number of rotatable bonds is 4. The molecule has 0 bridgehead atoms. The molecule has 7 heteroatoms. The van der Waals surface area contributed by atoms with Gasteiger partial charge in [-0.15, -0.1) is 0 Å². The lowest BCUT2D eigenvalue weighted by Gasteiger charge is -2.06. The second kappa shape index (κ2) is 8.87. The number of fused-ring (bicyclic) bond motifs is 1. The van der Waals surface area contributed by atoms with Crippen molar-refractivity contribution in [3.05, 3.63) is 105 Å². The maximum atomic E-state index is 12.6. The second-order valence-electron chi connectivity index (χ2n) is 7.30. The van der Waals surface area contributed by atoms with E-state index in [1.807, 2.05) is 60.7 Å². The Hall–Kier alpha value is -2.99. The van der Waals surface area contributed by atoms with Gasteiger partial charge < -0.3 is 9.88 Å². The predicted octanol–water partition coefficient (Wildman–Crippen LogP) is 6.89. The van der Waals surface area contributed by atoms with Crippen molar-refractivity contribution < 1.29 is 4.79 Å². The van der Waals surface area contributed by atoms with E-state index in [2.05, 4.69) is 33.2 Å². The SMILES string of the molecule is O=C1NC(=Nc2ccccc2)S/C1=C\c1cn(Cc2ccc(Cl)c(Cl)c2)c2ccccc12. The Labute approximate surface area is 199 Å². The minimum atomic E-state index is -0.147. The summed E-state index contributed by atoms with van der Waals surface area (Å²) in [4.78, 5) is 17.7. The van der Waals surface area contributed by atoms with E-state index in [4.69, 9.17) is 23.2 Å². The molecule has 0 aliphatic carbocycles. The standard InChI is InChI=1S/C25H17Cl2N3OS/c26-20-11-10-16(12-21(20)27)14-30-15-17(19-8-4-5-9-22(19)30)13-23-24(31)29-25(32-23)28-18-6-2-1-3-7-18/h1-13,15H,14H2,(H,28,29,31)/b23-13-. The number of aliphatic imine (C=N–C) groups is 1. The monoisotopic (exact) mass is 477 g/mol. The smallest absolute Gasteiger partial charge is 0.264 e. The molecule has 158 valence electrons. The zero-order valence-corrected chi connectivity index (χ0v) is 19.1. The Morgan fingerprint density at radius 2 is 1.75 bits per heavy atom. The lowest BCUT2D eigenvalue weighted by Crippen LogP contribution is -2.19. The number of para-hydroxylation sites is 2. The van der Waals surface area contributed by atoms with Gasteiger partial charge in [-0.2, -0.15) is 0 Å². The first-order valence-electron chi connectivity index (χ1n) is 9.93. The first-order valence-corrected chi connectivity index (χ1v) is 11.5. The molecule has 3 aromatic carbocycles. The van der Waals surface area contributed by atoms with Gasteiger partial charge in [0.25, 0.3) is 5.91 Å². The van der Waals surface area contributed by atoms with Crippen molar-refractivity contribution in [3.8, 4) is 0 Å². The highest BCUT2D eigenvalue weighted by Gasteiger charge is 2.24. The van der Waals surface area contributed by atoms with Gasteiger partial charge in [0, 0.05) is 29.2 Å². The zero-order chi connectivity index (χ0) is 22.1. The molecule has 1 fully saturated rings. The van der Waals surface area contributed by atoms with Gasteiger partial charge in [-0.05, 0) is 53.7 Å². The van der Waals surface area contributed by atoms with E-state index in [-0.39, 0.29) is 5.91 Å². The fourth-order valence-corrected chi connectivity index (χ4v) is 4.75. The van der Waals surface area contributed by atoms with Crippen LogP contribution in [0.4, 0.5) is 5.69 Å². The van der Waals surface area contributed by atoms with Crippen molar-refractivity contribution in [2.75, 3.05) is 0 Å². The van der Waals surface area contributed by atoms with Gasteiger partial charge in [0.15, 0.2) is 5.17 Å². The third-order valence-electron chi connectivity index (χ3n) is 5.08. The highest BCUT2D eigenvalue weighted by molar-refractivity contribution is 8.18. The van der Waals surface area contributed by atoms with Gasteiger partial charge in [-0.3, -0.25) is 4.79 Å². The van der Waals surface area contributed by atoms with Gasteiger partial charge in [-0.25, -0.2) is 4.99 Å². The number of nitrogens with zero attached hydrogens (tertiary/aromatic N) is 2. The fraction of sp³-hybridized carbons (Fsp3) is 0.0400. The van der Waals surface area contributed by atoms with Crippen LogP contribution < -0.4 is 5.32 Å². The quantitative estimate of drug-likeness (QED) is 0.325. The molecule has 4 nitrogen and oxygen atoms in total. The first kappa shape index (κ1) is 20.9. The molecule has 1 saturated heterocycles. The second-order valence-corrected chi connectivity index (χ2v) is 9.14. The number of aromatic nitrogens is 1. The van der Waals surface area contributed by atoms with E-state index < -0.39 is 0 Å². The van der Waals surface area contributed by atoms with Gasteiger partial charge in [0.2, 0.25) is 0 Å².